The van der Waals surface area contributed by atoms with E-state index in [1.54, 1.807) is 0 Å². The van der Waals surface area contributed by atoms with E-state index >= 15 is 0 Å². The van der Waals surface area contributed by atoms with E-state index in [1.165, 1.54) is 0 Å². The molecule has 0 spiro atoms. The molecule has 0 heterocycles. The molecule has 19 heavy (non-hydrogen) atoms. The molecule has 1 aromatic rings. The highest BCUT2D eigenvalue weighted by Crippen LogP contribution is 2.31. The zero-order valence-corrected chi connectivity index (χ0v) is 13.3. The van der Waals surface area contributed by atoms with Crippen molar-refractivity contribution in [2.75, 3.05) is 13.2 Å². The van der Waals surface area contributed by atoms with Crippen LogP contribution in [-0.4, -0.2) is 19.3 Å². The fourth-order valence-corrected chi connectivity index (χ4v) is 2.14. The highest BCUT2D eigenvalue weighted by atomic mass is 35.5. The Morgan fingerprint density at radius 1 is 1.26 bits per heavy atom. The van der Waals surface area contributed by atoms with Gasteiger partial charge in [0, 0.05) is 12.6 Å². The van der Waals surface area contributed by atoms with Gasteiger partial charge in [-0.2, -0.15) is 0 Å². The smallest absolute Gasteiger partial charge is 0.141 e. The second kappa shape index (κ2) is 9.43. The highest BCUT2D eigenvalue weighted by molar-refractivity contribution is 6.32. The predicted molar refractivity (Wildman–Crippen MR) is 82.6 cm³/mol. The molecule has 2 N–H and O–H groups in total. The summed E-state index contributed by atoms with van der Waals surface area (Å²) in [4.78, 5) is 0. The molecule has 0 radical (unpaired) electrons. The van der Waals surface area contributed by atoms with E-state index in [0.717, 1.165) is 23.3 Å². The van der Waals surface area contributed by atoms with E-state index in [-0.39, 0.29) is 18.4 Å². The second-order valence-corrected chi connectivity index (χ2v) is 4.72. The van der Waals surface area contributed by atoms with Crippen molar-refractivity contribution in [2.24, 2.45) is 5.73 Å². The van der Waals surface area contributed by atoms with E-state index in [9.17, 15) is 0 Å². The van der Waals surface area contributed by atoms with Crippen molar-refractivity contribution in [3.05, 3.63) is 28.3 Å². The van der Waals surface area contributed by atoms with Crippen LogP contribution in [-0.2, 0) is 17.8 Å². The number of benzene rings is 1. The SMILES string of the molecule is CCOCc1cc(Cl)c(OCC)c(CC(C)N)c1.Cl. The molecule has 0 amide bonds. The van der Waals surface area contributed by atoms with Crippen LogP contribution >= 0.6 is 24.0 Å². The van der Waals surface area contributed by atoms with Gasteiger partial charge < -0.3 is 15.2 Å². The lowest BCUT2D eigenvalue weighted by atomic mass is 10.0. The molecule has 1 aromatic carbocycles. The van der Waals surface area contributed by atoms with Crippen LogP contribution in [0.25, 0.3) is 0 Å². The standard InChI is InChI=1S/C14H22ClNO2.ClH/c1-4-17-9-11-7-12(6-10(3)16)14(18-5-2)13(15)8-11;/h7-8,10H,4-6,9,16H2,1-3H3;1H. The average Bonchev–Trinajstić information content (AvgIpc) is 2.30. The minimum atomic E-state index is 0. The van der Waals surface area contributed by atoms with Crippen molar-refractivity contribution in [2.45, 2.75) is 39.8 Å². The van der Waals surface area contributed by atoms with E-state index in [4.69, 9.17) is 26.8 Å². The van der Waals surface area contributed by atoms with Gasteiger partial charge in [0.05, 0.1) is 18.2 Å². The summed E-state index contributed by atoms with van der Waals surface area (Å²) in [5.74, 6) is 0.747. The number of nitrogens with two attached hydrogens (primary N) is 1. The van der Waals surface area contributed by atoms with Crippen LogP contribution in [0, 0.1) is 0 Å². The van der Waals surface area contributed by atoms with Gasteiger partial charge in [-0.05, 0) is 50.5 Å². The molecule has 0 saturated carbocycles. The molecule has 0 saturated heterocycles. The van der Waals surface area contributed by atoms with Crippen molar-refractivity contribution in [1.29, 1.82) is 0 Å². The lowest BCUT2D eigenvalue weighted by molar-refractivity contribution is 0.134. The minimum absolute atomic E-state index is 0. The molecule has 5 heteroatoms. The fraction of sp³-hybridized carbons (Fsp3) is 0.571. The van der Waals surface area contributed by atoms with Gasteiger partial charge >= 0.3 is 0 Å². The number of ether oxygens (including phenoxy) is 2. The van der Waals surface area contributed by atoms with E-state index in [0.29, 0.717) is 24.8 Å². The zero-order chi connectivity index (χ0) is 13.5. The Kier molecular flexibility index (Phi) is 9.19. The van der Waals surface area contributed by atoms with Crippen LogP contribution in [0.15, 0.2) is 12.1 Å². The maximum Gasteiger partial charge on any atom is 0.141 e. The lowest BCUT2D eigenvalue weighted by Gasteiger charge is -2.15. The second-order valence-electron chi connectivity index (χ2n) is 4.32. The number of rotatable bonds is 7. The molecule has 0 aliphatic carbocycles. The van der Waals surface area contributed by atoms with Gasteiger partial charge in [-0.1, -0.05) is 11.6 Å². The third-order valence-electron chi connectivity index (χ3n) is 2.48. The van der Waals surface area contributed by atoms with Crippen LogP contribution in [0.5, 0.6) is 5.75 Å². The first-order chi connectivity index (χ1) is 8.58. The van der Waals surface area contributed by atoms with Gasteiger partial charge in [-0.15, -0.1) is 12.4 Å². The minimum Gasteiger partial charge on any atom is -0.492 e. The lowest BCUT2D eigenvalue weighted by Crippen LogP contribution is -2.18. The Morgan fingerprint density at radius 3 is 2.47 bits per heavy atom. The Morgan fingerprint density at radius 2 is 1.95 bits per heavy atom. The van der Waals surface area contributed by atoms with Gasteiger partial charge in [0.15, 0.2) is 0 Å². The topological polar surface area (TPSA) is 44.5 Å². The van der Waals surface area contributed by atoms with E-state index in [1.807, 2.05) is 26.8 Å². The first kappa shape index (κ1) is 18.5. The maximum atomic E-state index is 6.25. The van der Waals surface area contributed by atoms with E-state index < -0.39 is 0 Å². The summed E-state index contributed by atoms with van der Waals surface area (Å²) in [6.45, 7) is 7.73. The van der Waals surface area contributed by atoms with Crippen molar-refractivity contribution in [3.63, 3.8) is 0 Å². The van der Waals surface area contributed by atoms with Gasteiger partial charge in [0.25, 0.3) is 0 Å². The molecule has 1 rings (SSSR count). The molecule has 3 nitrogen and oxygen atoms in total. The molecule has 1 unspecified atom stereocenters. The molecule has 110 valence electrons. The maximum absolute atomic E-state index is 6.25. The highest BCUT2D eigenvalue weighted by Gasteiger charge is 2.12. The Hall–Kier alpha value is -0.480. The summed E-state index contributed by atoms with van der Waals surface area (Å²) in [7, 11) is 0. The zero-order valence-electron chi connectivity index (χ0n) is 11.7. The number of halogens is 2. The quantitative estimate of drug-likeness (QED) is 0.837. The Labute approximate surface area is 126 Å². The Bertz CT molecular complexity index is 384. The normalized spacial score (nSPS) is 11.8. The van der Waals surface area contributed by atoms with Crippen molar-refractivity contribution < 1.29 is 9.47 Å². The summed E-state index contributed by atoms with van der Waals surface area (Å²) in [6.07, 6.45) is 0.745. The Balaban J connectivity index is 0.00000324. The fourth-order valence-electron chi connectivity index (χ4n) is 1.82. The van der Waals surface area contributed by atoms with E-state index in [2.05, 4.69) is 6.07 Å². The van der Waals surface area contributed by atoms with Crippen molar-refractivity contribution in [3.8, 4) is 5.75 Å². The summed E-state index contributed by atoms with van der Waals surface area (Å²) < 4.78 is 11.0. The molecular formula is C14H23Cl2NO2. The number of hydrogen-bond acceptors (Lipinski definition) is 3. The van der Waals surface area contributed by atoms with Gasteiger partial charge in [-0.25, -0.2) is 0 Å². The summed E-state index contributed by atoms with van der Waals surface area (Å²) >= 11 is 6.25. The summed E-state index contributed by atoms with van der Waals surface area (Å²) in [5.41, 5.74) is 7.97. The van der Waals surface area contributed by atoms with Crippen LogP contribution in [0.3, 0.4) is 0 Å². The van der Waals surface area contributed by atoms with Crippen LogP contribution < -0.4 is 10.5 Å². The average molecular weight is 308 g/mol. The van der Waals surface area contributed by atoms with Crippen LogP contribution in [0.1, 0.15) is 31.9 Å². The molecule has 0 bridgehead atoms. The first-order valence-electron chi connectivity index (χ1n) is 6.35. The van der Waals surface area contributed by atoms with Gasteiger partial charge in [0.2, 0.25) is 0 Å². The first-order valence-corrected chi connectivity index (χ1v) is 6.73. The molecule has 0 aliphatic rings. The predicted octanol–water partition coefficient (Wildman–Crippen LogP) is 3.59. The number of hydrogen-bond donors (Lipinski definition) is 1. The van der Waals surface area contributed by atoms with Crippen LogP contribution in [0.4, 0.5) is 0 Å². The molecule has 1 atom stereocenters. The summed E-state index contributed by atoms with van der Waals surface area (Å²) in [5, 5.41) is 0.629. The third kappa shape index (κ3) is 6.00. The van der Waals surface area contributed by atoms with Crippen molar-refractivity contribution >= 4 is 24.0 Å². The van der Waals surface area contributed by atoms with Gasteiger partial charge in [-0.3, -0.25) is 0 Å². The third-order valence-corrected chi connectivity index (χ3v) is 2.76. The monoisotopic (exact) mass is 307 g/mol. The largest absolute Gasteiger partial charge is 0.492 e. The molecule has 0 aromatic heterocycles. The molecular weight excluding hydrogens is 285 g/mol. The molecule has 0 fully saturated rings. The van der Waals surface area contributed by atoms with Gasteiger partial charge in [0.1, 0.15) is 5.75 Å². The van der Waals surface area contributed by atoms with Crippen molar-refractivity contribution in [1.82, 2.24) is 0 Å². The molecule has 0 aliphatic heterocycles. The summed E-state index contributed by atoms with van der Waals surface area (Å²) in [6, 6.07) is 4.03. The van der Waals surface area contributed by atoms with Crippen LogP contribution in [0.2, 0.25) is 5.02 Å².